The van der Waals surface area contributed by atoms with Crippen LogP contribution >= 0.6 is 11.6 Å². The third kappa shape index (κ3) is 2.51. The van der Waals surface area contributed by atoms with Crippen LogP contribution in [0.5, 0.6) is 0 Å². The molecule has 0 heterocycles. The standard InChI is InChI=1S/C22H28ClFO5/c1-10-6-12-13-8-15(24)14-7-11(25)4-5-21(14,3)22(13,23)16(26)9-20(12,2)17(10)18(27)19(28)29/h7,10,12-13,15-17,26H,4-6,8-9H2,1-3H3,(H,28,29)/t10-,12+,13+,15+,16+,17-,20+,21+,22+/m1/s1. The highest BCUT2D eigenvalue weighted by atomic mass is 35.5. The summed E-state index contributed by atoms with van der Waals surface area (Å²) in [6.07, 6.45) is 0.509. The molecule has 2 N–H and O–H groups in total. The molecule has 29 heavy (non-hydrogen) atoms. The summed E-state index contributed by atoms with van der Waals surface area (Å²) in [5, 5.41) is 20.7. The average molecular weight is 427 g/mol. The van der Waals surface area contributed by atoms with Crippen molar-refractivity contribution in [2.75, 3.05) is 0 Å². The number of aliphatic hydroxyl groups excluding tert-OH is 1. The molecule has 0 unspecified atom stereocenters. The maximum absolute atomic E-state index is 15.3. The van der Waals surface area contributed by atoms with Gasteiger partial charge in [0.05, 0.1) is 11.0 Å². The molecule has 4 rings (SSSR count). The molecule has 0 saturated heterocycles. The molecule has 5 nitrogen and oxygen atoms in total. The Morgan fingerprint density at radius 3 is 2.52 bits per heavy atom. The van der Waals surface area contributed by atoms with E-state index in [2.05, 4.69) is 0 Å². The summed E-state index contributed by atoms with van der Waals surface area (Å²) < 4.78 is 15.3. The second-order valence-electron chi connectivity index (χ2n) is 10.2. The van der Waals surface area contributed by atoms with Gasteiger partial charge in [0.2, 0.25) is 5.78 Å². The SMILES string of the molecule is C[C@@H]1C[C@H]2[C@@H]3C[C@H](F)C4=CC(=O)CC[C@]4(C)[C@@]3(Cl)[C@@H](O)C[C@]2(C)[C@H]1C(=O)C(=O)O. The Bertz CT molecular complexity index is 826. The van der Waals surface area contributed by atoms with Gasteiger partial charge in [-0.25, -0.2) is 9.18 Å². The minimum Gasteiger partial charge on any atom is -0.475 e. The zero-order valence-electron chi connectivity index (χ0n) is 17.0. The van der Waals surface area contributed by atoms with Gasteiger partial charge in [0.1, 0.15) is 6.17 Å². The van der Waals surface area contributed by atoms with Gasteiger partial charge in [-0.1, -0.05) is 20.8 Å². The van der Waals surface area contributed by atoms with Crippen molar-refractivity contribution < 1.29 is 29.0 Å². The predicted octanol–water partition coefficient (Wildman–Crippen LogP) is 3.31. The van der Waals surface area contributed by atoms with Crippen LogP contribution in [0.1, 0.15) is 52.9 Å². The predicted molar refractivity (Wildman–Crippen MR) is 104 cm³/mol. The first-order valence-corrected chi connectivity index (χ1v) is 10.8. The molecule has 0 aromatic rings. The van der Waals surface area contributed by atoms with E-state index in [4.69, 9.17) is 11.6 Å². The van der Waals surface area contributed by atoms with Gasteiger partial charge in [-0.05, 0) is 60.5 Å². The molecule has 4 aliphatic carbocycles. The smallest absolute Gasteiger partial charge is 0.372 e. The molecule has 0 spiro atoms. The molecule has 0 aromatic heterocycles. The number of hydrogen-bond acceptors (Lipinski definition) is 4. The zero-order valence-corrected chi connectivity index (χ0v) is 17.7. The summed E-state index contributed by atoms with van der Waals surface area (Å²) in [7, 11) is 0. The van der Waals surface area contributed by atoms with Crippen molar-refractivity contribution in [2.45, 2.75) is 70.0 Å². The molecule has 4 aliphatic rings. The lowest BCUT2D eigenvalue weighted by Gasteiger charge is -2.64. The topological polar surface area (TPSA) is 91.7 Å². The molecule has 160 valence electrons. The fourth-order valence-electron chi connectivity index (χ4n) is 7.62. The Hall–Kier alpha value is -1.27. The molecule has 3 saturated carbocycles. The third-order valence-electron chi connectivity index (χ3n) is 8.86. The summed E-state index contributed by atoms with van der Waals surface area (Å²) in [5.41, 5.74) is -1.23. The summed E-state index contributed by atoms with van der Waals surface area (Å²) in [6.45, 7) is 5.57. The van der Waals surface area contributed by atoms with Crippen LogP contribution in [0.25, 0.3) is 0 Å². The van der Waals surface area contributed by atoms with E-state index in [1.165, 1.54) is 6.08 Å². The molecule has 0 bridgehead atoms. The van der Waals surface area contributed by atoms with Gasteiger partial charge < -0.3 is 10.2 Å². The van der Waals surface area contributed by atoms with Crippen molar-refractivity contribution in [2.24, 2.45) is 34.5 Å². The first-order chi connectivity index (χ1) is 13.4. The van der Waals surface area contributed by atoms with E-state index in [-0.39, 0.29) is 36.9 Å². The van der Waals surface area contributed by atoms with Crippen LogP contribution < -0.4 is 0 Å². The first kappa shape index (κ1) is 21.0. The minimum atomic E-state index is -1.46. The van der Waals surface area contributed by atoms with Crippen LogP contribution in [-0.4, -0.2) is 44.9 Å². The number of Topliss-reactive ketones (excluding diaryl/α,β-unsaturated/α-hetero) is 1. The van der Waals surface area contributed by atoms with Crippen molar-refractivity contribution in [3.63, 3.8) is 0 Å². The number of hydrogen-bond donors (Lipinski definition) is 2. The number of aliphatic hydroxyl groups is 1. The lowest BCUT2D eigenvalue weighted by Crippen LogP contribution is -2.68. The zero-order chi connectivity index (χ0) is 21.5. The van der Waals surface area contributed by atoms with Crippen LogP contribution in [0, 0.1) is 34.5 Å². The van der Waals surface area contributed by atoms with E-state index in [9.17, 15) is 24.6 Å². The molecular weight excluding hydrogens is 399 g/mol. The minimum absolute atomic E-state index is 0.0796. The maximum atomic E-state index is 15.3. The number of carboxylic acid groups (broad SMARTS) is 1. The van der Waals surface area contributed by atoms with Crippen molar-refractivity contribution in [3.05, 3.63) is 11.6 Å². The van der Waals surface area contributed by atoms with Crippen molar-refractivity contribution in [1.82, 2.24) is 0 Å². The van der Waals surface area contributed by atoms with Gasteiger partial charge in [-0.15, -0.1) is 11.6 Å². The van der Waals surface area contributed by atoms with Gasteiger partial charge >= 0.3 is 5.97 Å². The second-order valence-corrected chi connectivity index (χ2v) is 10.8. The average Bonchev–Trinajstić information content (AvgIpc) is 2.89. The fourth-order valence-corrected chi connectivity index (χ4v) is 8.14. The monoisotopic (exact) mass is 426 g/mol. The number of ketones is 2. The summed E-state index contributed by atoms with van der Waals surface area (Å²) in [6, 6.07) is 0. The van der Waals surface area contributed by atoms with Gasteiger partial charge in [0.15, 0.2) is 5.78 Å². The molecule has 0 aromatic carbocycles. The van der Waals surface area contributed by atoms with Gasteiger partial charge in [-0.3, -0.25) is 9.59 Å². The normalized spacial score (nSPS) is 51.5. The van der Waals surface area contributed by atoms with Crippen LogP contribution in [-0.2, 0) is 14.4 Å². The van der Waals surface area contributed by atoms with Gasteiger partial charge in [-0.2, -0.15) is 0 Å². The Morgan fingerprint density at radius 2 is 1.90 bits per heavy atom. The Morgan fingerprint density at radius 1 is 1.24 bits per heavy atom. The first-order valence-electron chi connectivity index (χ1n) is 10.4. The highest BCUT2D eigenvalue weighted by Crippen LogP contribution is 2.71. The third-order valence-corrected chi connectivity index (χ3v) is 9.81. The van der Waals surface area contributed by atoms with Crippen molar-refractivity contribution in [3.8, 4) is 0 Å². The molecule has 3 fully saturated rings. The Kier molecular flexibility index (Phi) is 4.60. The summed E-state index contributed by atoms with van der Waals surface area (Å²) >= 11 is 7.25. The molecule has 0 radical (unpaired) electrons. The molecule has 0 aliphatic heterocycles. The van der Waals surface area contributed by atoms with Crippen LogP contribution in [0.3, 0.4) is 0 Å². The van der Waals surface area contributed by atoms with E-state index in [0.29, 0.717) is 18.4 Å². The van der Waals surface area contributed by atoms with Crippen molar-refractivity contribution in [1.29, 1.82) is 0 Å². The number of allylic oxidation sites excluding steroid dienone is 1. The van der Waals surface area contributed by atoms with Crippen LogP contribution in [0.4, 0.5) is 4.39 Å². The summed E-state index contributed by atoms with van der Waals surface area (Å²) in [4.78, 5) is 34.8. The maximum Gasteiger partial charge on any atom is 0.372 e. The van der Waals surface area contributed by atoms with Crippen LogP contribution in [0.15, 0.2) is 11.6 Å². The van der Waals surface area contributed by atoms with E-state index < -0.39 is 51.6 Å². The lowest BCUT2D eigenvalue weighted by atomic mass is 9.45. The number of carbonyl (C=O) groups is 3. The van der Waals surface area contributed by atoms with Crippen molar-refractivity contribution >= 4 is 29.1 Å². The van der Waals surface area contributed by atoms with Gasteiger partial charge in [0.25, 0.3) is 0 Å². The highest BCUT2D eigenvalue weighted by Gasteiger charge is 2.72. The molecule has 7 heteroatoms. The fraction of sp³-hybridized carbons (Fsp3) is 0.773. The van der Waals surface area contributed by atoms with Crippen LogP contribution in [0.2, 0.25) is 0 Å². The second kappa shape index (κ2) is 6.36. The lowest BCUT2D eigenvalue weighted by molar-refractivity contribution is -0.158. The van der Waals surface area contributed by atoms with E-state index in [1.807, 2.05) is 20.8 Å². The molecule has 0 amide bonds. The molecule has 9 atom stereocenters. The quantitative estimate of drug-likeness (QED) is 0.522. The van der Waals surface area contributed by atoms with E-state index in [1.54, 1.807) is 0 Å². The van der Waals surface area contributed by atoms with E-state index >= 15 is 4.39 Å². The summed E-state index contributed by atoms with van der Waals surface area (Å²) in [5.74, 6) is -3.89. The number of alkyl halides is 2. The number of halogens is 2. The Labute approximate surface area is 174 Å². The van der Waals surface area contributed by atoms with Gasteiger partial charge in [0, 0.05) is 17.8 Å². The largest absolute Gasteiger partial charge is 0.475 e. The highest BCUT2D eigenvalue weighted by molar-refractivity contribution is 6.34. The molecular formula is C22H28ClFO5. The number of carbonyl (C=O) groups excluding carboxylic acids is 2. The number of carboxylic acids is 1. The number of fused-ring (bicyclic) bond motifs is 5. The Balaban J connectivity index is 1.82. The number of aliphatic carboxylic acids is 1. The van der Waals surface area contributed by atoms with E-state index in [0.717, 1.165) is 0 Å². The number of rotatable bonds is 2.